The topological polar surface area (TPSA) is 326 Å². The lowest BCUT2D eigenvalue weighted by Crippen LogP contribution is -2.59. The molecule has 4 unspecified atom stereocenters. The van der Waals surface area contributed by atoms with E-state index < -0.39 is 104 Å². The maximum absolute atomic E-state index is 12.0. The number of carbonyl (C=O) groups is 2. The van der Waals surface area contributed by atoms with E-state index in [1.54, 1.807) is 27.7 Å². The average Bonchev–Trinajstić information content (AvgIpc) is 3.09. The van der Waals surface area contributed by atoms with Crippen molar-refractivity contribution in [2.24, 2.45) is 10.8 Å². The number of ether oxygens (including phenoxy) is 4. The molecule has 0 spiro atoms. The van der Waals surface area contributed by atoms with Crippen LogP contribution in [0, 0.1) is 10.8 Å². The number of hydrogen-bond donors (Lipinski definition) is 13. The van der Waals surface area contributed by atoms with Gasteiger partial charge in [0.05, 0.1) is 33.0 Å². The molecule has 0 saturated carbocycles. The van der Waals surface area contributed by atoms with E-state index in [1.165, 1.54) is 0 Å². The van der Waals surface area contributed by atoms with Gasteiger partial charge < -0.3 is 85.5 Å². The smallest absolute Gasteiger partial charge is 0.249 e. The highest BCUT2D eigenvalue weighted by atomic mass is 16.7. The first-order chi connectivity index (χ1) is 23.3. The van der Waals surface area contributed by atoms with Crippen LogP contribution in [-0.4, -0.2) is 193 Å². The van der Waals surface area contributed by atoms with E-state index in [2.05, 4.69) is 5.32 Å². The molecule has 2 fully saturated rings. The van der Waals surface area contributed by atoms with E-state index in [1.807, 2.05) is 0 Å². The van der Waals surface area contributed by atoms with Crippen molar-refractivity contribution >= 4 is 11.7 Å². The minimum Gasteiger partial charge on any atom is -0.396 e. The molecular formula is C31H59NO18. The van der Waals surface area contributed by atoms with Crippen LogP contribution in [0.1, 0.15) is 53.4 Å². The zero-order chi connectivity index (χ0) is 38.4. The molecule has 50 heavy (non-hydrogen) atoms. The largest absolute Gasteiger partial charge is 0.396 e. The molecule has 0 aliphatic carbocycles. The molecule has 0 radical (unpaired) electrons. The SMILES string of the molecule is CC(C)(CO)[C@@H](O)C(=O)NCCCO[C@@H]1OC(CO)[C@@H](O)[C@H](O)C1O.CC(C)(CO[C@@H]1OC(CO)[C@@H](O)[C@H](O)C1O)[C@@H](O)C(=O)CCCCO. The zero-order valence-corrected chi connectivity index (χ0v) is 29.0. The van der Waals surface area contributed by atoms with Crippen LogP contribution in [0.4, 0.5) is 0 Å². The molecular weight excluding hydrogens is 674 g/mol. The summed E-state index contributed by atoms with van der Waals surface area (Å²) < 4.78 is 21.1. The third-order valence-corrected chi connectivity index (χ3v) is 8.49. The Kier molecular flexibility index (Phi) is 20.4. The van der Waals surface area contributed by atoms with Gasteiger partial charge in [-0.25, -0.2) is 0 Å². The lowest BCUT2D eigenvalue weighted by atomic mass is 9.84. The van der Waals surface area contributed by atoms with E-state index in [0.29, 0.717) is 19.3 Å². The van der Waals surface area contributed by atoms with Crippen LogP contribution in [0.25, 0.3) is 0 Å². The van der Waals surface area contributed by atoms with Gasteiger partial charge in [-0.15, -0.1) is 0 Å². The molecule has 296 valence electrons. The lowest BCUT2D eigenvalue weighted by Gasteiger charge is -2.41. The third-order valence-electron chi connectivity index (χ3n) is 8.49. The van der Waals surface area contributed by atoms with Crippen molar-refractivity contribution in [3.8, 4) is 0 Å². The van der Waals surface area contributed by atoms with Gasteiger partial charge in [0.15, 0.2) is 18.4 Å². The molecule has 0 aromatic rings. The van der Waals surface area contributed by atoms with Gasteiger partial charge in [-0.1, -0.05) is 27.7 Å². The van der Waals surface area contributed by atoms with Crippen LogP contribution in [0.3, 0.4) is 0 Å². The van der Waals surface area contributed by atoms with Gasteiger partial charge >= 0.3 is 0 Å². The highest BCUT2D eigenvalue weighted by molar-refractivity contribution is 5.83. The fraction of sp³-hybridized carbons (Fsp3) is 0.935. The number of aliphatic hydroxyl groups is 12. The van der Waals surface area contributed by atoms with Crippen LogP contribution < -0.4 is 5.32 Å². The normalized spacial score (nSPS) is 31.7. The van der Waals surface area contributed by atoms with Gasteiger partial charge in [-0.05, 0) is 19.3 Å². The van der Waals surface area contributed by atoms with Crippen molar-refractivity contribution in [2.45, 2.75) is 127 Å². The fourth-order valence-corrected chi connectivity index (χ4v) is 4.79. The molecule has 12 atom stereocenters. The average molecular weight is 734 g/mol. The number of Topliss-reactive ketones (excluding diaryl/α,β-unsaturated/α-hetero) is 1. The van der Waals surface area contributed by atoms with Gasteiger partial charge in [0, 0.05) is 30.4 Å². The number of nitrogens with one attached hydrogen (secondary N) is 1. The summed E-state index contributed by atoms with van der Waals surface area (Å²) >= 11 is 0. The maximum atomic E-state index is 12.0. The van der Waals surface area contributed by atoms with Crippen molar-refractivity contribution in [1.29, 1.82) is 0 Å². The van der Waals surface area contributed by atoms with E-state index in [9.17, 15) is 50.4 Å². The Morgan fingerprint density at radius 3 is 1.64 bits per heavy atom. The van der Waals surface area contributed by atoms with E-state index in [-0.39, 0.29) is 45.2 Å². The Morgan fingerprint density at radius 1 is 0.680 bits per heavy atom. The number of amides is 1. The number of carbonyl (C=O) groups excluding carboxylic acids is 2. The first-order valence-electron chi connectivity index (χ1n) is 16.5. The summed E-state index contributed by atoms with van der Waals surface area (Å²) in [6, 6.07) is 0. The second-order valence-electron chi connectivity index (χ2n) is 13.8. The van der Waals surface area contributed by atoms with Crippen molar-refractivity contribution in [2.75, 3.05) is 46.2 Å². The summed E-state index contributed by atoms with van der Waals surface area (Å²) in [5.74, 6) is -0.997. The summed E-state index contributed by atoms with van der Waals surface area (Å²) in [4.78, 5) is 23.8. The molecule has 0 bridgehead atoms. The van der Waals surface area contributed by atoms with Gasteiger partial charge in [0.25, 0.3) is 0 Å². The number of aliphatic hydroxyl groups excluding tert-OH is 12. The van der Waals surface area contributed by atoms with Gasteiger partial charge in [-0.2, -0.15) is 0 Å². The van der Waals surface area contributed by atoms with Crippen LogP contribution in [0.5, 0.6) is 0 Å². The van der Waals surface area contributed by atoms with Crippen LogP contribution >= 0.6 is 0 Å². The number of rotatable bonds is 19. The second-order valence-corrected chi connectivity index (χ2v) is 13.8. The highest BCUT2D eigenvalue weighted by Crippen LogP contribution is 2.28. The van der Waals surface area contributed by atoms with E-state index in [0.717, 1.165) is 0 Å². The molecule has 19 heteroatoms. The molecule has 0 aromatic heterocycles. The van der Waals surface area contributed by atoms with Crippen molar-refractivity contribution in [3.05, 3.63) is 0 Å². The van der Waals surface area contributed by atoms with Crippen molar-refractivity contribution in [3.63, 3.8) is 0 Å². The van der Waals surface area contributed by atoms with Crippen molar-refractivity contribution < 1.29 is 89.8 Å². The minimum absolute atomic E-state index is 0.0208. The lowest BCUT2D eigenvalue weighted by molar-refractivity contribution is -0.306. The first-order valence-corrected chi connectivity index (χ1v) is 16.5. The molecule has 2 saturated heterocycles. The standard InChI is InChI=1S/C16H30O9.C15H29NO9/c1-16(2,14(23)9(19)5-3-4-6-17)8-24-15-13(22)12(21)11(20)10(7-18)25-15;1-15(2,7-18)12(22)13(23)16-4-3-5-24-14-11(21)10(20)9(19)8(6-17)25-14/h10-15,17-18,20-23H,3-8H2,1-2H3;8-12,14,17-22H,3-7H2,1-2H3,(H,16,23)/t10?,11-,12+,13?,14+,15-;8?,9-,10+,11?,12+,14-/m11/s1. The fourth-order valence-electron chi connectivity index (χ4n) is 4.79. The molecule has 2 aliphatic rings. The second kappa shape index (κ2) is 21.9. The maximum Gasteiger partial charge on any atom is 0.249 e. The molecule has 13 N–H and O–H groups in total. The summed E-state index contributed by atoms with van der Waals surface area (Å²) in [6.07, 6.45) is -14.9. The molecule has 2 heterocycles. The predicted molar refractivity (Wildman–Crippen MR) is 170 cm³/mol. The Bertz CT molecular complexity index is 983. The van der Waals surface area contributed by atoms with Gasteiger partial charge in [0.2, 0.25) is 5.91 Å². The highest BCUT2D eigenvalue weighted by Gasteiger charge is 2.46. The summed E-state index contributed by atoms with van der Waals surface area (Å²) in [6.45, 7) is 4.91. The van der Waals surface area contributed by atoms with Crippen LogP contribution in [-0.2, 0) is 28.5 Å². The Hall–Kier alpha value is -1.50. The monoisotopic (exact) mass is 733 g/mol. The van der Waals surface area contributed by atoms with Crippen LogP contribution in [0.2, 0.25) is 0 Å². The van der Waals surface area contributed by atoms with Crippen LogP contribution in [0.15, 0.2) is 0 Å². The Labute approximate surface area is 291 Å². The Morgan fingerprint density at radius 2 is 1.18 bits per heavy atom. The van der Waals surface area contributed by atoms with E-state index in [4.69, 9.17) is 39.4 Å². The quantitative estimate of drug-likeness (QED) is 0.0551. The number of unbranched alkanes of at least 4 members (excludes halogenated alkanes) is 1. The van der Waals surface area contributed by atoms with E-state index >= 15 is 0 Å². The number of hydrogen-bond acceptors (Lipinski definition) is 18. The first kappa shape index (κ1) is 46.5. The molecule has 0 aromatic carbocycles. The zero-order valence-electron chi connectivity index (χ0n) is 29.0. The molecule has 2 rings (SSSR count). The number of ketones is 1. The molecule has 2 aliphatic heterocycles. The molecule has 1 amide bonds. The summed E-state index contributed by atoms with van der Waals surface area (Å²) in [7, 11) is 0. The minimum atomic E-state index is -1.55. The summed E-state index contributed by atoms with van der Waals surface area (Å²) in [5, 5.41) is 117. The van der Waals surface area contributed by atoms with Gasteiger partial charge in [0.1, 0.15) is 61.0 Å². The molecule has 19 nitrogen and oxygen atoms in total. The van der Waals surface area contributed by atoms with Gasteiger partial charge in [-0.3, -0.25) is 9.59 Å². The Balaban J connectivity index is 0.000000500. The van der Waals surface area contributed by atoms with Crippen molar-refractivity contribution in [1.82, 2.24) is 5.32 Å². The predicted octanol–water partition coefficient (Wildman–Crippen LogP) is -5.39. The third kappa shape index (κ3) is 13.5. The summed E-state index contributed by atoms with van der Waals surface area (Å²) in [5.41, 5.74) is -1.95.